The molecule has 0 aliphatic heterocycles. The molecule has 3 rings (SSSR count). The summed E-state index contributed by atoms with van der Waals surface area (Å²) in [6.45, 7) is 2.74. The van der Waals surface area contributed by atoms with Crippen LogP contribution in [0.5, 0.6) is 0 Å². The molecule has 3 aromatic rings. The van der Waals surface area contributed by atoms with Gasteiger partial charge in [0.15, 0.2) is 0 Å². The lowest BCUT2D eigenvalue weighted by molar-refractivity contribution is -0.159. The first kappa shape index (κ1) is 21.2. The van der Waals surface area contributed by atoms with Gasteiger partial charge in [0.05, 0.1) is 10.9 Å². The summed E-state index contributed by atoms with van der Waals surface area (Å²) in [4.78, 5) is 19.2. The fourth-order valence-electron chi connectivity index (χ4n) is 2.08. The molecule has 0 saturated carbocycles. The van der Waals surface area contributed by atoms with E-state index in [1.54, 1.807) is 23.5 Å². The standard InChI is InChI=1S/C16H16FN3OS.C2H2O4/c1-11(18-9-8-12-4-6-13(17)7-5-12)15-19-20-16(21-15)14-3-2-10-22-14;3-1(4)2(5)6/h2-7,10-11,18H,8-9H2,1H3;(H,3,4)(H,5,6). The number of halogens is 1. The van der Waals surface area contributed by atoms with Gasteiger partial charge in [-0.05, 0) is 49.0 Å². The van der Waals surface area contributed by atoms with Gasteiger partial charge in [-0.25, -0.2) is 14.0 Å². The van der Waals surface area contributed by atoms with Crippen molar-refractivity contribution in [3.63, 3.8) is 0 Å². The number of aromatic nitrogens is 2. The highest BCUT2D eigenvalue weighted by Crippen LogP contribution is 2.24. The molecule has 148 valence electrons. The highest BCUT2D eigenvalue weighted by atomic mass is 32.1. The molecule has 0 spiro atoms. The Morgan fingerprint density at radius 1 is 1.18 bits per heavy atom. The van der Waals surface area contributed by atoms with Crippen LogP contribution in [0.4, 0.5) is 4.39 Å². The third kappa shape index (κ3) is 6.56. The summed E-state index contributed by atoms with van der Waals surface area (Å²) < 4.78 is 18.5. The van der Waals surface area contributed by atoms with E-state index in [4.69, 9.17) is 24.2 Å². The van der Waals surface area contributed by atoms with Crippen molar-refractivity contribution in [3.05, 3.63) is 59.0 Å². The average Bonchev–Trinajstić information content (AvgIpc) is 3.35. The Kier molecular flexibility index (Phi) is 7.78. The van der Waals surface area contributed by atoms with Crippen LogP contribution in [0.1, 0.15) is 24.4 Å². The van der Waals surface area contributed by atoms with Gasteiger partial charge in [0.1, 0.15) is 5.82 Å². The molecule has 28 heavy (non-hydrogen) atoms. The van der Waals surface area contributed by atoms with Crippen LogP contribution in [-0.2, 0) is 16.0 Å². The lowest BCUT2D eigenvalue weighted by atomic mass is 10.1. The minimum atomic E-state index is -1.82. The molecule has 0 bridgehead atoms. The molecule has 1 atom stereocenters. The highest BCUT2D eigenvalue weighted by Gasteiger charge is 2.14. The van der Waals surface area contributed by atoms with Gasteiger partial charge in [0.25, 0.3) is 5.89 Å². The maximum atomic E-state index is 12.8. The molecule has 0 radical (unpaired) electrons. The normalized spacial score (nSPS) is 11.4. The van der Waals surface area contributed by atoms with Gasteiger partial charge in [-0.3, -0.25) is 0 Å². The van der Waals surface area contributed by atoms with Crippen molar-refractivity contribution in [2.45, 2.75) is 19.4 Å². The Hall–Kier alpha value is -3.11. The fourth-order valence-corrected chi connectivity index (χ4v) is 2.72. The van der Waals surface area contributed by atoms with E-state index < -0.39 is 11.9 Å². The zero-order valence-electron chi connectivity index (χ0n) is 14.8. The molecular formula is C18H18FN3O5S. The summed E-state index contributed by atoms with van der Waals surface area (Å²) in [5.74, 6) is -2.73. The Morgan fingerprint density at radius 2 is 1.86 bits per heavy atom. The van der Waals surface area contributed by atoms with Crippen LogP contribution in [0.15, 0.2) is 46.2 Å². The summed E-state index contributed by atoms with van der Waals surface area (Å²) in [6.07, 6.45) is 0.816. The molecule has 2 heterocycles. The minimum Gasteiger partial charge on any atom is -0.473 e. The maximum absolute atomic E-state index is 12.8. The van der Waals surface area contributed by atoms with Crippen LogP contribution in [0.2, 0.25) is 0 Å². The van der Waals surface area contributed by atoms with E-state index in [1.165, 1.54) is 12.1 Å². The number of thiophene rings is 1. The highest BCUT2D eigenvalue weighted by molar-refractivity contribution is 7.13. The van der Waals surface area contributed by atoms with Crippen molar-refractivity contribution in [1.82, 2.24) is 15.5 Å². The van der Waals surface area contributed by atoms with Crippen LogP contribution >= 0.6 is 11.3 Å². The number of aliphatic carboxylic acids is 2. The summed E-state index contributed by atoms with van der Waals surface area (Å²) in [7, 11) is 0. The van der Waals surface area contributed by atoms with Crippen molar-refractivity contribution >= 4 is 23.3 Å². The number of carbonyl (C=O) groups is 2. The zero-order valence-corrected chi connectivity index (χ0v) is 15.6. The summed E-state index contributed by atoms with van der Waals surface area (Å²) >= 11 is 1.57. The number of carboxylic acids is 2. The quantitative estimate of drug-likeness (QED) is 0.533. The van der Waals surface area contributed by atoms with Gasteiger partial charge < -0.3 is 19.9 Å². The summed E-state index contributed by atoms with van der Waals surface area (Å²) in [5, 5.41) is 28.2. The van der Waals surface area contributed by atoms with Gasteiger partial charge in [0.2, 0.25) is 5.89 Å². The SMILES string of the molecule is CC(NCCc1ccc(F)cc1)c1nnc(-c2cccs2)o1.O=C(O)C(=O)O. The van der Waals surface area contributed by atoms with E-state index in [9.17, 15) is 4.39 Å². The van der Waals surface area contributed by atoms with E-state index in [1.807, 2.05) is 24.4 Å². The van der Waals surface area contributed by atoms with Crippen LogP contribution in [0.3, 0.4) is 0 Å². The monoisotopic (exact) mass is 407 g/mol. The van der Waals surface area contributed by atoms with Crippen molar-refractivity contribution < 1.29 is 28.6 Å². The Labute approximate surface area is 163 Å². The first-order valence-electron chi connectivity index (χ1n) is 8.18. The second kappa shape index (κ2) is 10.3. The molecule has 1 aromatic carbocycles. The molecule has 0 aliphatic carbocycles. The zero-order chi connectivity index (χ0) is 20.5. The predicted octanol–water partition coefficient (Wildman–Crippen LogP) is 2.99. The Balaban J connectivity index is 0.000000409. The van der Waals surface area contributed by atoms with Gasteiger partial charge >= 0.3 is 11.9 Å². The average molecular weight is 407 g/mol. The second-order valence-electron chi connectivity index (χ2n) is 5.59. The molecule has 10 heteroatoms. The lowest BCUT2D eigenvalue weighted by Crippen LogP contribution is -2.21. The van der Waals surface area contributed by atoms with Crippen molar-refractivity contribution in [1.29, 1.82) is 0 Å². The number of nitrogens with one attached hydrogen (secondary N) is 1. The van der Waals surface area contributed by atoms with E-state index in [0.717, 1.165) is 23.4 Å². The molecule has 0 saturated heterocycles. The number of carboxylic acid groups (broad SMARTS) is 2. The smallest absolute Gasteiger partial charge is 0.414 e. The molecule has 1 unspecified atom stereocenters. The molecule has 8 nitrogen and oxygen atoms in total. The topological polar surface area (TPSA) is 126 Å². The Bertz CT molecular complexity index is 884. The lowest BCUT2D eigenvalue weighted by Gasteiger charge is -2.09. The second-order valence-corrected chi connectivity index (χ2v) is 6.53. The van der Waals surface area contributed by atoms with Crippen LogP contribution in [0, 0.1) is 5.82 Å². The number of hydrogen-bond donors (Lipinski definition) is 3. The van der Waals surface area contributed by atoms with Gasteiger partial charge in [-0.2, -0.15) is 0 Å². The molecule has 3 N–H and O–H groups in total. The molecule has 0 fully saturated rings. The van der Waals surface area contributed by atoms with Crippen molar-refractivity contribution in [2.24, 2.45) is 0 Å². The number of nitrogens with zero attached hydrogens (tertiary/aromatic N) is 2. The van der Waals surface area contributed by atoms with Gasteiger partial charge in [0, 0.05) is 0 Å². The van der Waals surface area contributed by atoms with E-state index in [0.29, 0.717) is 11.8 Å². The predicted molar refractivity (Wildman–Crippen MR) is 99.4 cm³/mol. The maximum Gasteiger partial charge on any atom is 0.414 e. The molecule has 0 amide bonds. The van der Waals surface area contributed by atoms with Crippen molar-refractivity contribution in [3.8, 4) is 10.8 Å². The molecular weight excluding hydrogens is 389 g/mol. The van der Waals surface area contributed by atoms with E-state index in [-0.39, 0.29) is 11.9 Å². The first-order chi connectivity index (χ1) is 13.4. The van der Waals surface area contributed by atoms with Crippen LogP contribution < -0.4 is 5.32 Å². The number of rotatable bonds is 6. The molecule has 2 aromatic heterocycles. The van der Waals surface area contributed by atoms with Gasteiger partial charge in [-0.15, -0.1) is 21.5 Å². The molecule has 0 aliphatic rings. The van der Waals surface area contributed by atoms with E-state index >= 15 is 0 Å². The summed E-state index contributed by atoms with van der Waals surface area (Å²) in [5.41, 5.74) is 1.09. The third-order valence-corrected chi connectivity index (χ3v) is 4.36. The van der Waals surface area contributed by atoms with Gasteiger partial charge in [-0.1, -0.05) is 18.2 Å². The summed E-state index contributed by atoms with van der Waals surface area (Å²) in [6, 6.07) is 10.4. The first-order valence-corrected chi connectivity index (χ1v) is 9.06. The fraction of sp³-hybridized carbons (Fsp3) is 0.222. The minimum absolute atomic E-state index is 0.0262. The van der Waals surface area contributed by atoms with E-state index in [2.05, 4.69) is 15.5 Å². The van der Waals surface area contributed by atoms with Crippen LogP contribution in [0.25, 0.3) is 10.8 Å². The largest absolute Gasteiger partial charge is 0.473 e. The Morgan fingerprint density at radius 3 is 2.43 bits per heavy atom. The number of benzene rings is 1. The van der Waals surface area contributed by atoms with Crippen LogP contribution in [-0.4, -0.2) is 38.9 Å². The third-order valence-electron chi connectivity index (χ3n) is 3.50. The number of hydrogen-bond acceptors (Lipinski definition) is 7. The van der Waals surface area contributed by atoms with Crippen molar-refractivity contribution in [2.75, 3.05) is 6.54 Å².